The fourth-order valence-electron chi connectivity index (χ4n) is 3.74. The van der Waals surface area contributed by atoms with E-state index in [1.54, 1.807) is 12.4 Å². The number of carbonyl (C=O) groups is 1. The van der Waals surface area contributed by atoms with Gasteiger partial charge in [0, 0.05) is 23.2 Å². The van der Waals surface area contributed by atoms with Crippen LogP contribution < -0.4 is 15.1 Å². The number of rotatable bonds is 3. The fraction of sp³-hybridized carbons (Fsp3) is 0.333. The minimum absolute atomic E-state index is 0.194. The van der Waals surface area contributed by atoms with Crippen LogP contribution in [-0.4, -0.2) is 27.8 Å². The Bertz CT molecular complexity index is 1260. The highest BCUT2D eigenvalue weighted by Crippen LogP contribution is 2.30. The van der Waals surface area contributed by atoms with Crippen LogP contribution in [0.1, 0.15) is 45.1 Å². The van der Waals surface area contributed by atoms with Crippen LogP contribution in [0.15, 0.2) is 53.1 Å². The zero-order chi connectivity index (χ0) is 22.3. The first-order valence-corrected chi connectivity index (χ1v) is 11.1. The van der Waals surface area contributed by atoms with Crippen LogP contribution in [0.2, 0.25) is 0 Å². The summed E-state index contributed by atoms with van der Waals surface area (Å²) in [6, 6.07) is 9.52. The molecule has 2 atom stereocenters. The van der Waals surface area contributed by atoms with Crippen LogP contribution in [0.3, 0.4) is 0 Å². The number of nitrogens with zero attached hydrogens (tertiary/aromatic N) is 3. The average Bonchev–Trinajstić information content (AvgIpc) is 3.27. The van der Waals surface area contributed by atoms with Crippen LogP contribution in [0.25, 0.3) is 16.1 Å². The van der Waals surface area contributed by atoms with E-state index in [1.807, 2.05) is 70.3 Å². The lowest BCUT2D eigenvalue weighted by atomic mass is 9.99. The maximum atomic E-state index is 13.2. The third kappa shape index (κ3) is 4.16. The Morgan fingerprint density at radius 1 is 1.29 bits per heavy atom. The summed E-state index contributed by atoms with van der Waals surface area (Å²) in [6.07, 6.45) is 1.84. The van der Waals surface area contributed by atoms with Gasteiger partial charge in [-0.2, -0.15) is 4.79 Å². The second-order valence-electron chi connectivity index (χ2n) is 8.71. The maximum absolute atomic E-state index is 13.2. The highest BCUT2D eigenvalue weighted by atomic mass is 32.1. The fourth-order valence-corrected chi connectivity index (χ4v) is 4.75. The van der Waals surface area contributed by atoms with Crippen molar-refractivity contribution in [3.63, 3.8) is 0 Å². The Labute approximate surface area is 185 Å². The molecule has 7 heteroatoms. The zero-order valence-electron chi connectivity index (χ0n) is 18.3. The highest BCUT2D eigenvalue weighted by Gasteiger charge is 2.39. The predicted octanol–water partition coefficient (Wildman–Crippen LogP) is 3.10. The second-order valence-corrected chi connectivity index (χ2v) is 9.56. The first-order chi connectivity index (χ1) is 14.7. The van der Waals surface area contributed by atoms with Gasteiger partial charge in [-0.15, -0.1) is 0 Å². The minimum Gasteiger partial charge on any atom is -0.406 e. The van der Waals surface area contributed by atoms with E-state index < -0.39 is 17.8 Å². The van der Waals surface area contributed by atoms with Gasteiger partial charge in [0.25, 0.3) is 5.01 Å². The summed E-state index contributed by atoms with van der Waals surface area (Å²) in [7, 11) is 0. The summed E-state index contributed by atoms with van der Waals surface area (Å²) in [5.41, 5.74) is 2.44. The molecule has 2 aromatic heterocycles. The third-order valence-electron chi connectivity index (χ3n) is 5.06. The van der Waals surface area contributed by atoms with E-state index in [0.29, 0.717) is 10.7 Å². The summed E-state index contributed by atoms with van der Waals surface area (Å²) in [6.45, 7) is 9.44. The number of aliphatic hydroxyl groups is 1. The van der Waals surface area contributed by atoms with Gasteiger partial charge in [-0.25, -0.2) is 0 Å². The van der Waals surface area contributed by atoms with Crippen molar-refractivity contribution in [3.05, 3.63) is 69.9 Å². The number of aromatic nitrogens is 2. The summed E-state index contributed by atoms with van der Waals surface area (Å²) in [4.78, 5) is 22.1. The lowest BCUT2D eigenvalue weighted by Crippen LogP contribution is -2.50. The van der Waals surface area contributed by atoms with E-state index in [2.05, 4.69) is 4.98 Å². The third-order valence-corrected chi connectivity index (χ3v) is 6.06. The van der Waals surface area contributed by atoms with Gasteiger partial charge in [-0.3, -0.25) is 9.98 Å². The molecule has 4 rings (SSSR count). The maximum Gasteiger partial charge on any atom is 0.604 e. The molecule has 0 aliphatic carbocycles. The van der Waals surface area contributed by atoms with Gasteiger partial charge in [0.2, 0.25) is 5.69 Å². The molecule has 0 saturated carbocycles. The number of benzene rings is 1. The summed E-state index contributed by atoms with van der Waals surface area (Å²) >= 11 is 1.37. The minimum atomic E-state index is -1.00. The molecule has 2 unspecified atom stereocenters. The van der Waals surface area contributed by atoms with Crippen molar-refractivity contribution in [2.45, 2.75) is 52.4 Å². The van der Waals surface area contributed by atoms with E-state index in [4.69, 9.17) is 9.73 Å². The first kappa shape index (κ1) is 21.3. The quantitative estimate of drug-likeness (QED) is 0.640. The Morgan fingerprint density at radius 2 is 2.06 bits per heavy atom. The van der Waals surface area contributed by atoms with Crippen molar-refractivity contribution in [1.82, 2.24) is 4.98 Å². The SMILES string of the molecule is Cc1ccc2c(c1)=C(C(O)c1csc(-c3cccnc3)[n+]1C(=O)OC(C)(C)C)C(C)N=2. The summed E-state index contributed by atoms with van der Waals surface area (Å²) < 4.78 is 7.14. The van der Waals surface area contributed by atoms with Gasteiger partial charge >= 0.3 is 6.09 Å². The Kier molecular flexibility index (Phi) is 5.49. The van der Waals surface area contributed by atoms with Crippen molar-refractivity contribution in [2.75, 3.05) is 0 Å². The molecule has 0 amide bonds. The molecule has 0 radical (unpaired) electrons. The molecule has 160 valence electrons. The molecule has 3 aromatic rings. The molecule has 31 heavy (non-hydrogen) atoms. The number of thiazole rings is 1. The normalized spacial score (nSPS) is 16.6. The molecule has 1 N–H and O–H groups in total. The standard InChI is InChI=1S/C24H26N3O3S/c1-14-8-9-18-17(11-14)20(15(2)26-18)21(28)19-13-31-22(16-7-6-10-25-12-16)27(19)23(29)30-24(3,4)5/h6-13,15,21,28H,1-5H3/q+1. The molecule has 6 nitrogen and oxygen atoms in total. The van der Waals surface area contributed by atoms with Gasteiger partial charge in [-0.05, 0) is 58.9 Å². The van der Waals surface area contributed by atoms with Crippen molar-refractivity contribution in [2.24, 2.45) is 4.99 Å². The van der Waals surface area contributed by atoms with E-state index in [1.165, 1.54) is 15.9 Å². The van der Waals surface area contributed by atoms with Gasteiger partial charge in [0.1, 0.15) is 5.60 Å². The largest absolute Gasteiger partial charge is 0.604 e. The number of hydrogen-bond acceptors (Lipinski definition) is 6. The molecule has 1 aromatic carbocycles. The van der Waals surface area contributed by atoms with Crippen molar-refractivity contribution < 1.29 is 19.2 Å². The van der Waals surface area contributed by atoms with Crippen molar-refractivity contribution >= 4 is 23.0 Å². The number of aryl methyl sites for hydroxylation is 1. The lowest BCUT2D eigenvalue weighted by Gasteiger charge is -2.17. The van der Waals surface area contributed by atoms with E-state index in [9.17, 15) is 9.90 Å². The Morgan fingerprint density at radius 3 is 2.74 bits per heavy atom. The lowest BCUT2D eigenvalue weighted by molar-refractivity contribution is -0.584. The second kappa shape index (κ2) is 7.98. The average molecular weight is 437 g/mol. The van der Waals surface area contributed by atoms with Crippen molar-refractivity contribution in [3.8, 4) is 10.6 Å². The highest BCUT2D eigenvalue weighted by molar-refractivity contribution is 7.12. The van der Waals surface area contributed by atoms with E-state index in [-0.39, 0.29) is 6.04 Å². The number of carbonyl (C=O) groups excluding carboxylic acids is 1. The van der Waals surface area contributed by atoms with E-state index in [0.717, 1.165) is 27.3 Å². The van der Waals surface area contributed by atoms with Gasteiger partial charge in [-0.1, -0.05) is 27.5 Å². The number of pyridine rings is 1. The summed E-state index contributed by atoms with van der Waals surface area (Å²) in [5.74, 6) is 0. The smallest absolute Gasteiger partial charge is 0.406 e. The molecule has 3 heterocycles. The summed E-state index contributed by atoms with van der Waals surface area (Å²) in [5, 5.41) is 15.7. The Balaban J connectivity index is 1.89. The number of ether oxygens (including phenoxy) is 1. The number of aliphatic hydroxyl groups excluding tert-OH is 1. The molecule has 0 spiro atoms. The number of hydrogen-bond donors (Lipinski definition) is 1. The molecule has 0 bridgehead atoms. The Hall–Kier alpha value is -2.90. The molecular formula is C24H26N3O3S+. The van der Waals surface area contributed by atoms with Crippen LogP contribution >= 0.6 is 11.3 Å². The monoisotopic (exact) mass is 436 g/mol. The van der Waals surface area contributed by atoms with Crippen LogP contribution in [0, 0.1) is 6.92 Å². The molecule has 1 aliphatic rings. The zero-order valence-corrected chi connectivity index (χ0v) is 19.1. The van der Waals surface area contributed by atoms with Gasteiger partial charge < -0.3 is 9.84 Å². The molecular weight excluding hydrogens is 410 g/mol. The first-order valence-electron chi connectivity index (χ1n) is 10.2. The van der Waals surface area contributed by atoms with Gasteiger partial charge in [0.05, 0.1) is 22.3 Å². The molecule has 0 fully saturated rings. The van der Waals surface area contributed by atoms with Crippen LogP contribution in [-0.2, 0) is 4.74 Å². The topological polar surface area (TPSA) is 75.7 Å². The van der Waals surface area contributed by atoms with Crippen LogP contribution in [0.4, 0.5) is 4.79 Å². The van der Waals surface area contributed by atoms with Crippen molar-refractivity contribution in [1.29, 1.82) is 0 Å². The predicted molar refractivity (Wildman–Crippen MR) is 119 cm³/mol. The van der Waals surface area contributed by atoms with Gasteiger partial charge in [0.15, 0.2) is 6.10 Å². The number of fused-ring (bicyclic) bond motifs is 1. The molecule has 0 saturated heterocycles. The van der Waals surface area contributed by atoms with Crippen LogP contribution in [0.5, 0.6) is 0 Å². The van der Waals surface area contributed by atoms with E-state index >= 15 is 0 Å². The molecule has 1 aliphatic heterocycles.